The number of nitrogens with zero attached hydrogens (tertiary/aromatic N) is 3. The Labute approximate surface area is 185 Å². The summed E-state index contributed by atoms with van der Waals surface area (Å²) in [6.45, 7) is 0.437. The Morgan fingerprint density at radius 2 is 2.10 bits per heavy atom. The number of methoxy groups -OCH3 is 1. The van der Waals surface area contributed by atoms with Crippen molar-refractivity contribution < 1.29 is 14.3 Å². The van der Waals surface area contributed by atoms with E-state index in [4.69, 9.17) is 15.2 Å². The molecule has 0 aliphatic heterocycles. The van der Waals surface area contributed by atoms with Crippen molar-refractivity contribution in [2.45, 2.75) is 13.0 Å². The molecule has 3 rings (SSSR count). The predicted octanol–water partition coefficient (Wildman–Crippen LogP) is 3.01. The highest BCUT2D eigenvalue weighted by molar-refractivity contribution is 14.1. The van der Waals surface area contributed by atoms with Crippen LogP contribution in [-0.2, 0) is 17.8 Å². The van der Waals surface area contributed by atoms with E-state index < -0.39 is 0 Å². The zero-order valence-corrected chi connectivity index (χ0v) is 18.4. The van der Waals surface area contributed by atoms with Gasteiger partial charge >= 0.3 is 0 Å². The van der Waals surface area contributed by atoms with Gasteiger partial charge in [0.15, 0.2) is 11.5 Å². The topological polar surface area (TPSA) is 112 Å². The number of ether oxygens (including phenoxy) is 2. The first kappa shape index (κ1) is 21.0. The minimum atomic E-state index is -0.304. The summed E-state index contributed by atoms with van der Waals surface area (Å²) in [7, 11) is 1.58. The van der Waals surface area contributed by atoms with Gasteiger partial charge in [0.25, 0.3) is 0 Å². The van der Waals surface area contributed by atoms with Crippen LogP contribution in [0.5, 0.6) is 11.5 Å². The van der Waals surface area contributed by atoms with E-state index in [2.05, 4.69) is 43.3 Å². The molecular weight excluding hydrogens is 505 g/mol. The van der Waals surface area contributed by atoms with Crippen molar-refractivity contribution in [2.24, 2.45) is 5.10 Å². The standard InChI is InChI=1S/C19H18IN5O3S/c1-27-15-8-13(10-22-23-16(26)9-17-24-25-19(21)29-17)7-14(20)18(15)28-11-12-5-3-2-4-6-12/h2-8,10H,9,11H2,1H3,(H2,21,25)(H,23,26). The molecule has 0 saturated heterocycles. The first-order valence-electron chi connectivity index (χ1n) is 8.49. The van der Waals surface area contributed by atoms with Gasteiger partial charge in [-0.25, -0.2) is 5.43 Å². The normalized spacial score (nSPS) is 10.8. The summed E-state index contributed by atoms with van der Waals surface area (Å²) in [6.07, 6.45) is 1.61. The van der Waals surface area contributed by atoms with Crippen molar-refractivity contribution in [2.75, 3.05) is 12.8 Å². The van der Waals surface area contributed by atoms with Crippen LogP contribution in [-0.4, -0.2) is 29.4 Å². The van der Waals surface area contributed by atoms with Crippen molar-refractivity contribution >= 4 is 51.2 Å². The fourth-order valence-corrected chi connectivity index (χ4v) is 3.77. The maximum absolute atomic E-state index is 11.9. The Bertz CT molecular complexity index is 1010. The molecule has 10 heteroatoms. The van der Waals surface area contributed by atoms with E-state index in [9.17, 15) is 4.79 Å². The molecule has 150 valence electrons. The highest BCUT2D eigenvalue weighted by atomic mass is 127. The van der Waals surface area contributed by atoms with Gasteiger partial charge in [0.2, 0.25) is 11.0 Å². The SMILES string of the molecule is COc1cc(C=NNC(=O)Cc2nnc(N)s2)cc(I)c1OCc1ccccc1. The quantitative estimate of drug-likeness (QED) is 0.267. The minimum Gasteiger partial charge on any atom is -0.493 e. The second-order valence-corrected chi connectivity index (χ2v) is 8.07. The molecule has 0 spiro atoms. The van der Waals surface area contributed by atoms with Gasteiger partial charge in [-0.05, 0) is 45.9 Å². The lowest BCUT2D eigenvalue weighted by Crippen LogP contribution is -2.19. The van der Waals surface area contributed by atoms with Crippen LogP contribution < -0.4 is 20.6 Å². The highest BCUT2D eigenvalue weighted by Crippen LogP contribution is 2.34. The summed E-state index contributed by atoms with van der Waals surface area (Å²) in [5.74, 6) is 0.943. The maximum Gasteiger partial charge on any atom is 0.247 e. The number of carbonyl (C=O) groups excluding carboxylic acids is 1. The third kappa shape index (κ3) is 6.12. The number of hydrogen-bond donors (Lipinski definition) is 2. The Morgan fingerprint density at radius 1 is 1.31 bits per heavy atom. The van der Waals surface area contributed by atoms with E-state index in [1.807, 2.05) is 36.4 Å². The van der Waals surface area contributed by atoms with Crippen LogP contribution in [0.2, 0.25) is 0 Å². The molecule has 0 fully saturated rings. The average molecular weight is 523 g/mol. The first-order chi connectivity index (χ1) is 14.0. The van der Waals surface area contributed by atoms with Gasteiger partial charge in [0.1, 0.15) is 11.6 Å². The Kier molecular flexibility index (Phi) is 7.36. The second kappa shape index (κ2) is 10.2. The third-order valence-corrected chi connectivity index (χ3v) is 5.23. The molecule has 0 atom stereocenters. The lowest BCUT2D eigenvalue weighted by Gasteiger charge is -2.13. The molecule has 0 bridgehead atoms. The van der Waals surface area contributed by atoms with Crippen LogP contribution in [0, 0.1) is 3.57 Å². The number of nitrogens with two attached hydrogens (primary N) is 1. The van der Waals surface area contributed by atoms with Crippen LogP contribution in [0.25, 0.3) is 0 Å². The van der Waals surface area contributed by atoms with Gasteiger partial charge in [-0.2, -0.15) is 5.10 Å². The molecule has 1 heterocycles. The number of hydrogen-bond acceptors (Lipinski definition) is 8. The molecule has 0 radical (unpaired) electrons. The molecule has 1 aromatic heterocycles. The van der Waals surface area contributed by atoms with Crippen LogP contribution in [0.4, 0.5) is 5.13 Å². The summed E-state index contributed by atoms with van der Waals surface area (Å²) >= 11 is 3.35. The molecule has 2 aromatic carbocycles. The largest absolute Gasteiger partial charge is 0.493 e. The zero-order chi connectivity index (χ0) is 20.6. The monoisotopic (exact) mass is 523 g/mol. The van der Waals surface area contributed by atoms with Crippen LogP contribution >= 0.6 is 33.9 Å². The van der Waals surface area contributed by atoms with Crippen LogP contribution in [0.3, 0.4) is 0 Å². The van der Waals surface area contributed by atoms with Crippen molar-refractivity contribution in [1.29, 1.82) is 0 Å². The van der Waals surface area contributed by atoms with Gasteiger partial charge in [-0.1, -0.05) is 41.7 Å². The van der Waals surface area contributed by atoms with E-state index in [1.165, 1.54) is 17.6 Å². The molecule has 29 heavy (non-hydrogen) atoms. The summed E-state index contributed by atoms with van der Waals surface area (Å²) in [5, 5.41) is 12.3. The molecule has 0 unspecified atom stereocenters. The Hall–Kier alpha value is -2.73. The molecule has 3 N–H and O–H groups in total. The Balaban J connectivity index is 1.63. The van der Waals surface area contributed by atoms with Gasteiger partial charge < -0.3 is 15.2 Å². The fourth-order valence-electron chi connectivity index (χ4n) is 2.38. The van der Waals surface area contributed by atoms with Gasteiger partial charge in [-0.15, -0.1) is 10.2 Å². The van der Waals surface area contributed by atoms with E-state index in [-0.39, 0.29) is 12.3 Å². The summed E-state index contributed by atoms with van der Waals surface area (Å²) in [5.41, 5.74) is 9.79. The third-order valence-electron chi connectivity index (χ3n) is 3.67. The predicted molar refractivity (Wildman–Crippen MR) is 120 cm³/mol. The highest BCUT2D eigenvalue weighted by Gasteiger charge is 2.12. The number of carbonyl (C=O) groups is 1. The summed E-state index contributed by atoms with van der Waals surface area (Å²) in [6, 6.07) is 13.6. The number of rotatable bonds is 8. The summed E-state index contributed by atoms with van der Waals surface area (Å²) < 4.78 is 12.3. The molecule has 0 saturated carbocycles. The van der Waals surface area contributed by atoms with E-state index >= 15 is 0 Å². The molecule has 1 amide bonds. The smallest absolute Gasteiger partial charge is 0.247 e. The van der Waals surface area contributed by atoms with E-state index in [0.29, 0.717) is 28.2 Å². The average Bonchev–Trinajstić information content (AvgIpc) is 3.12. The maximum atomic E-state index is 11.9. The number of hydrazone groups is 1. The van der Waals surface area contributed by atoms with Crippen molar-refractivity contribution in [3.8, 4) is 11.5 Å². The number of nitrogen functional groups attached to an aromatic ring is 1. The lowest BCUT2D eigenvalue weighted by molar-refractivity contribution is -0.120. The molecular formula is C19H18IN5O3S. The molecule has 0 aliphatic rings. The summed E-state index contributed by atoms with van der Waals surface area (Å²) in [4.78, 5) is 11.9. The number of aromatic nitrogens is 2. The number of halogens is 1. The van der Waals surface area contributed by atoms with Crippen molar-refractivity contribution in [1.82, 2.24) is 15.6 Å². The zero-order valence-electron chi connectivity index (χ0n) is 15.5. The van der Waals surface area contributed by atoms with Gasteiger partial charge in [0.05, 0.1) is 23.3 Å². The minimum absolute atomic E-state index is 0.0688. The number of amides is 1. The van der Waals surface area contributed by atoms with Crippen molar-refractivity contribution in [3.05, 3.63) is 62.2 Å². The van der Waals surface area contributed by atoms with Gasteiger partial charge in [-0.3, -0.25) is 4.79 Å². The molecule has 8 nitrogen and oxygen atoms in total. The van der Waals surface area contributed by atoms with Crippen molar-refractivity contribution in [3.63, 3.8) is 0 Å². The van der Waals surface area contributed by atoms with E-state index in [1.54, 1.807) is 13.2 Å². The Morgan fingerprint density at radius 3 is 2.79 bits per heavy atom. The lowest BCUT2D eigenvalue weighted by atomic mass is 10.2. The number of anilines is 1. The fraction of sp³-hybridized carbons (Fsp3) is 0.158. The molecule has 0 aliphatic carbocycles. The number of benzene rings is 2. The van der Waals surface area contributed by atoms with Crippen LogP contribution in [0.1, 0.15) is 16.1 Å². The van der Waals surface area contributed by atoms with Crippen LogP contribution in [0.15, 0.2) is 47.6 Å². The first-order valence-corrected chi connectivity index (χ1v) is 10.4. The second-order valence-electron chi connectivity index (χ2n) is 5.81. The van der Waals surface area contributed by atoms with Gasteiger partial charge in [0, 0.05) is 0 Å². The number of nitrogens with one attached hydrogen (secondary N) is 1. The van der Waals surface area contributed by atoms with E-state index in [0.717, 1.165) is 14.7 Å². The molecule has 3 aromatic rings.